The minimum absolute atomic E-state index is 0.315. The molecule has 0 heterocycles. The summed E-state index contributed by atoms with van der Waals surface area (Å²) in [5, 5.41) is 0. The van der Waals surface area contributed by atoms with E-state index >= 15 is 0 Å². The van der Waals surface area contributed by atoms with Gasteiger partial charge in [-0.25, -0.2) is 13.1 Å². The first-order valence-electron chi connectivity index (χ1n) is 5.90. The van der Waals surface area contributed by atoms with Gasteiger partial charge in [0.2, 0.25) is 10.0 Å². The molecular weight excluding hydrogens is 246 g/mol. The monoisotopic (exact) mass is 265 g/mol. The van der Waals surface area contributed by atoms with Gasteiger partial charge in [-0.15, -0.1) is 0 Å². The van der Waals surface area contributed by atoms with Crippen molar-refractivity contribution in [2.24, 2.45) is 0 Å². The summed E-state index contributed by atoms with van der Waals surface area (Å²) in [5.74, 6) is 0. The fourth-order valence-corrected chi connectivity index (χ4v) is 2.49. The van der Waals surface area contributed by atoms with E-state index in [1.54, 1.807) is 30.3 Å². The molecule has 0 fully saturated rings. The average Bonchev–Trinajstić information content (AvgIpc) is 2.34. The molecule has 4 heteroatoms. The summed E-state index contributed by atoms with van der Waals surface area (Å²) in [6.07, 6.45) is 7.13. The summed E-state index contributed by atoms with van der Waals surface area (Å²) in [6.45, 7) is 5.93. The minimum atomic E-state index is -3.36. The zero-order valence-corrected chi connectivity index (χ0v) is 11.4. The average molecular weight is 265 g/mol. The van der Waals surface area contributed by atoms with Crippen LogP contribution in [0.1, 0.15) is 18.4 Å². The number of hydrogen-bond donors (Lipinski definition) is 1. The Kier molecular flexibility index (Phi) is 5.82. The molecule has 0 unspecified atom stereocenters. The van der Waals surface area contributed by atoms with Gasteiger partial charge in [-0.2, -0.15) is 0 Å². The van der Waals surface area contributed by atoms with E-state index in [4.69, 9.17) is 0 Å². The summed E-state index contributed by atoms with van der Waals surface area (Å²) < 4.78 is 26.4. The molecule has 0 aliphatic rings. The second kappa shape index (κ2) is 7.13. The highest BCUT2D eigenvalue weighted by molar-refractivity contribution is 7.89. The molecule has 1 N–H and O–H groups in total. The van der Waals surface area contributed by atoms with Crippen molar-refractivity contribution in [1.29, 1.82) is 0 Å². The number of nitrogens with one attached hydrogen (secondary N) is 1. The fraction of sp³-hybridized carbons (Fsp3) is 0.286. The van der Waals surface area contributed by atoms with Gasteiger partial charge in [0, 0.05) is 6.54 Å². The van der Waals surface area contributed by atoms with Crippen LogP contribution < -0.4 is 4.72 Å². The molecule has 0 bridgehead atoms. The van der Waals surface area contributed by atoms with Crippen LogP contribution in [0.4, 0.5) is 0 Å². The summed E-state index contributed by atoms with van der Waals surface area (Å²) in [6, 6.07) is 6.83. The third-order valence-corrected chi connectivity index (χ3v) is 3.92. The lowest BCUT2D eigenvalue weighted by Crippen LogP contribution is -2.24. The molecule has 1 aromatic rings. The maximum absolute atomic E-state index is 11.9. The molecule has 0 saturated heterocycles. The number of aryl methyl sites for hydroxylation is 1. The number of unbranched alkanes of at least 4 members (excludes halogenated alkanes) is 1. The van der Waals surface area contributed by atoms with E-state index in [2.05, 4.69) is 11.3 Å². The second-order valence-electron chi connectivity index (χ2n) is 4.02. The summed E-state index contributed by atoms with van der Waals surface area (Å²) >= 11 is 0. The Labute approximate surface area is 109 Å². The zero-order valence-electron chi connectivity index (χ0n) is 10.6. The lowest BCUT2D eigenvalue weighted by Gasteiger charge is -2.06. The van der Waals surface area contributed by atoms with Gasteiger partial charge in [0.15, 0.2) is 0 Å². The molecule has 1 aromatic carbocycles. The van der Waals surface area contributed by atoms with Crippen molar-refractivity contribution >= 4 is 10.0 Å². The molecule has 3 nitrogen and oxygen atoms in total. The van der Waals surface area contributed by atoms with Crippen LogP contribution >= 0.6 is 0 Å². The highest BCUT2D eigenvalue weighted by Crippen LogP contribution is 2.09. The van der Waals surface area contributed by atoms with Gasteiger partial charge in [-0.1, -0.05) is 42.5 Å². The van der Waals surface area contributed by atoms with E-state index in [0.29, 0.717) is 11.4 Å². The van der Waals surface area contributed by atoms with Gasteiger partial charge in [0.1, 0.15) is 0 Å². The Morgan fingerprint density at radius 2 is 1.94 bits per heavy atom. The molecule has 0 radical (unpaired) electrons. The maximum atomic E-state index is 11.9. The van der Waals surface area contributed by atoms with E-state index in [1.165, 1.54) is 0 Å². The first kappa shape index (κ1) is 14.7. The Morgan fingerprint density at radius 1 is 1.28 bits per heavy atom. The Balaban J connectivity index is 2.47. The first-order valence-corrected chi connectivity index (χ1v) is 7.38. The fourth-order valence-electron chi connectivity index (χ4n) is 1.42. The van der Waals surface area contributed by atoms with Crippen molar-refractivity contribution in [3.05, 3.63) is 54.6 Å². The standard InChI is InChI=1S/C14H19NO2S/c1-3-4-5-6-7-12-15-18(16,17)14-10-8-13(2)9-11-14/h3-5,8-11,15H,1,6-7,12H2,2H3/b5-4+. The van der Waals surface area contributed by atoms with Crippen LogP contribution in [0.5, 0.6) is 0 Å². The molecule has 0 atom stereocenters. The predicted octanol–water partition coefficient (Wildman–Crippen LogP) is 2.80. The summed E-state index contributed by atoms with van der Waals surface area (Å²) in [4.78, 5) is 0.315. The predicted molar refractivity (Wildman–Crippen MR) is 74.9 cm³/mol. The summed E-state index contributed by atoms with van der Waals surface area (Å²) in [5.41, 5.74) is 1.04. The van der Waals surface area contributed by atoms with Crippen molar-refractivity contribution in [2.45, 2.75) is 24.7 Å². The number of hydrogen-bond acceptors (Lipinski definition) is 2. The molecule has 98 valence electrons. The van der Waals surface area contributed by atoms with E-state index in [9.17, 15) is 8.42 Å². The number of benzene rings is 1. The van der Waals surface area contributed by atoms with Gasteiger partial charge in [-0.3, -0.25) is 0 Å². The van der Waals surface area contributed by atoms with Gasteiger partial charge < -0.3 is 0 Å². The van der Waals surface area contributed by atoms with Crippen molar-refractivity contribution < 1.29 is 8.42 Å². The molecule has 0 aliphatic heterocycles. The second-order valence-corrected chi connectivity index (χ2v) is 5.78. The quantitative estimate of drug-likeness (QED) is 0.608. The molecule has 0 aromatic heterocycles. The van der Waals surface area contributed by atoms with Gasteiger partial charge >= 0.3 is 0 Å². The lowest BCUT2D eigenvalue weighted by molar-refractivity contribution is 0.579. The zero-order chi connectivity index (χ0) is 13.4. The lowest BCUT2D eigenvalue weighted by atomic mass is 10.2. The highest BCUT2D eigenvalue weighted by Gasteiger charge is 2.11. The van der Waals surface area contributed by atoms with Gasteiger partial charge in [0.25, 0.3) is 0 Å². The molecular formula is C14H19NO2S. The van der Waals surface area contributed by atoms with E-state index in [0.717, 1.165) is 18.4 Å². The maximum Gasteiger partial charge on any atom is 0.240 e. The molecule has 18 heavy (non-hydrogen) atoms. The first-order chi connectivity index (χ1) is 8.56. The van der Waals surface area contributed by atoms with Crippen LogP contribution in [0.3, 0.4) is 0 Å². The van der Waals surface area contributed by atoms with Crippen LogP contribution in [-0.4, -0.2) is 15.0 Å². The Hall–Kier alpha value is -1.39. The van der Waals surface area contributed by atoms with Crippen LogP contribution in [0.25, 0.3) is 0 Å². The molecule has 0 saturated carbocycles. The SMILES string of the molecule is C=C/C=C/CCCNS(=O)(=O)c1ccc(C)cc1. The van der Waals surface area contributed by atoms with Gasteiger partial charge in [-0.05, 0) is 31.9 Å². The van der Waals surface area contributed by atoms with Crippen molar-refractivity contribution in [3.63, 3.8) is 0 Å². The Bertz CT molecular complexity index is 501. The topological polar surface area (TPSA) is 46.2 Å². The van der Waals surface area contributed by atoms with E-state index in [-0.39, 0.29) is 0 Å². The number of allylic oxidation sites excluding steroid dienone is 3. The van der Waals surface area contributed by atoms with Crippen molar-refractivity contribution in [3.8, 4) is 0 Å². The van der Waals surface area contributed by atoms with Crippen LogP contribution in [0, 0.1) is 6.92 Å². The van der Waals surface area contributed by atoms with E-state index in [1.807, 2.05) is 19.1 Å². The third-order valence-electron chi connectivity index (χ3n) is 2.44. The van der Waals surface area contributed by atoms with Gasteiger partial charge in [0.05, 0.1) is 4.90 Å². The number of rotatable bonds is 7. The van der Waals surface area contributed by atoms with Crippen LogP contribution in [-0.2, 0) is 10.0 Å². The highest BCUT2D eigenvalue weighted by atomic mass is 32.2. The minimum Gasteiger partial charge on any atom is -0.211 e. The molecule has 1 rings (SSSR count). The smallest absolute Gasteiger partial charge is 0.211 e. The largest absolute Gasteiger partial charge is 0.240 e. The Morgan fingerprint density at radius 3 is 2.56 bits per heavy atom. The van der Waals surface area contributed by atoms with Crippen LogP contribution in [0.15, 0.2) is 54.0 Å². The van der Waals surface area contributed by atoms with E-state index < -0.39 is 10.0 Å². The summed E-state index contributed by atoms with van der Waals surface area (Å²) in [7, 11) is -3.36. The van der Waals surface area contributed by atoms with Crippen LogP contribution in [0.2, 0.25) is 0 Å². The third kappa shape index (κ3) is 4.85. The molecule has 0 aliphatic carbocycles. The molecule has 0 amide bonds. The van der Waals surface area contributed by atoms with Crippen molar-refractivity contribution in [2.75, 3.05) is 6.54 Å². The number of sulfonamides is 1. The normalized spacial score (nSPS) is 11.8. The van der Waals surface area contributed by atoms with Crippen molar-refractivity contribution in [1.82, 2.24) is 4.72 Å². The molecule has 0 spiro atoms.